The van der Waals surface area contributed by atoms with Gasteiger partial charge in [-0.3, -0.25) is 0 Å². The van der Waals surface area contributed by atoms with Crippen LogP contribution in [0.15, 0.2) is 60.1 Å². The van der Waals surface area contributed by atoms with Gasteiger partial charge in [-0.25, -0.2) is 4.98 Å². The first kappa shape index (κ1) is 21.1. The van der Waals surface area contributed by atoms with Gasteiger partial charge in [0.15, 0.2) is 0 Å². The zero-order chi connectivity index (χ0) is 18.7. The maximum atomic E-state index is 4.23. The van der Waals surface area contributed by atoms with E-state index in [1.165, 1.54) is 22.3 Å². The van der Waals surface area contributed by atoms with Crippen molar-refractivity contribution >= 4 is 11.3 Å². The van der Waals surface area contributed by atoms with Gasteiger partial charge in [-0.2, -0.15) is 0 Å². The van der Waals surface area contributed by atoms with Crippen molar-refractivity contribution in [2.75, 3.05) is 14.1 Å². The predicted octanol–water partition coefficient (Wildman–Crippen LogP) is 6.20. The van der Waals surface area contributed by atoms with Crippen molar-refractivity contribution in [2.24, 2.45) is 0 Å². The summed E-state index contributed by atoms with van der Waals surface area (Å²) < 4.78 is 0. The molecule has 25 heavy (non-hydrogen) atoms. The first-order valence-corrected chi connectivity index (χ1v) is 9.59. The summed E-state index contributed by atoms with van der Waals surface area (Å²) in [6.07, 6.45) is 1.83. The molecule has 0 radical (unpaired) electrons. The average molecular weight is 355 g/mol. The highest BCUT2D eigenvalue weighted by molar-refractivity contribution is 7.13. The zero-order valence-corrected chi connectivity index (χ0v) is 17.1. The minimum atomic E-state index is 1.03. The molecule has 0 amide bonds. The minimum Gasteiger partial charge on any atom is -0.305 e. The fourth-order valence-electron chi connectivity index (χ4n) is 2.12. The second-order valence-electron chi connectivity index (χ2n) is 5.93. The lowest BCUT2D eigenvalue weighted by molar-refractivity contribution is 0.402. The fourth-order valence-corrected chi connectivity index (χ4v) is 2.77. The van der Waals surface area contributed by atoms with E-state index in [0.717, 1.165) is 11.6 Å². The van der Waals surface area contributed by atoms with E-state index in [9.17, 15) is 0 Å². The molecule has 1 heterocycles. The summed E-state index contributed by atoms with van der Waals surface area (Å²) in [5.74, 6) is 0. The van der Waals surface area contributed by atoms with Gasteiger partial charge in [0.2, 0.25) is 0 Å². The van der Waals surface area contributed by atoms with Crippen molar-refractivity contribution in [3.05, 3.63) is 76.8 Å². The zero-order valence-electron chi connectivity index (χ0n) is 16.3. The van der Waals surface area contributed by atoms with Gasteiger partial charge in [0.25, 0.3) is 0 Å². The van der Waals surface area contributed by atoms with E-state index in [1.807, 2.05) is 25.4 Å². The summed E-state index contributed by atoms with van der Waals surface area (Å²) in [5, 5.41) is 3.09. The van der Waals surface area contributed by atoms with Crippen LogP contribution in [0.1, 0.15) is 30.5 Å². The Kier molecular flexibility index (Phi) is 9.75. The Morgan fingerprint density at radius 1 is 0.840 bits per heavy atom. The monoisotopic (exact) mass is 354 g/mol. The molecule has 0 atom stereocenters. The molecule has 0 bridgehead atoms. The highest BCUT2D eigenvalue weighted by Crippen LogP contribution is 2.21. The molecule has 0 aliphatic carbocycles. The SMILES string of the molecule is CC.Cc1ccc(-c2nccs2)cc1.Cc1ccc(CN(C)C)cc1. The second kappa shape index (κ2) is 11.6. The lowest BCUT2D eigenvalue weighted by atomic mass is 10.1. The Hall–Kier alpha value is -1.97. The van der Waals surface area contributed by atoms with Crippen LogP contribution < -0.4 is 0 Å². The molecule has 0 spiro atoms. The smallest absolute Gasteiger partial charge is 0.123 e. The molecule has 0 saturated heterocycles. The number of thiazole rings is 1. The van der Waals surface area contributed by atoms with Crippen LogP contribution in [0.5, 0.6) is 0 Å². The van der Waals surface area contributed by atoms with E-state index in [-0.39, 0.29) is 0 Å². The third-order valence-electron chi connectivity index (χ3n) is 3.35. The molecule has 134 valence electrons. The quantitative estimate of drug-likeness (QED) is 0.556. The fraction of sp³-hybridized carbons (Fsp3) is 0.318. The summed E-state index contributed by atoms with van der Waals surface area (Å²) in [5.41, 5.74) is 5.19. The Bertz CT molecular complexity index is 684. The lowest BCUT2D eigenvalue weighted by Gasteiger charge is -2.08. The Morgan fingerprint density at radius 2 is 1.36 bits per heavy atom. The summed E-state index contributed by atoms with van der Waals surface area (Å²) >= 11 is 1.67. The third kappa shape index (κ3) is 8.10. The third-order valence-corrected chi connectivity index (χ3v) is 4.17. The van der Waals surface area contributed by atoms with E-state index < -0.39 is 0 Å². The molecule has 3 rings (SSSR count). The van der Waals surface area contributed by atoms with E-state index in [0.29, 0.717) is 0 Å². The largest absolute Gasteiger partial charge is 0.305 e. The van der Waals surface area contributed by atoms with Gasteiger partial charge in [-0.1, -0.05) is 73.5 Å². The van der Waals surface area contributed by atoms with E-state index in [2.05, 4.69) is 86.4 Å². The summed E-state index contributed by atoms with van der Waals surface area (Å²) in [7, 11) is 4.17. The average Bonchev–Trinajstić information content (AvgIpc) is 3.14. The van der Waals surface area contributed by atoms with Gasteiger partial charge in [-0.05, 0) is 33.5 Å². The molecule has 0 unspecified atom stereocenters. The van der Waals surface area contributed by atoms with E-state index >= 15 is 0 Å². The van der Waals surface area contributed by atoms with Crippen LogP contribution in [0.3, 0.4) is 0 Å². The summed E-state index contributed by atoms with van der Waals surface area (Å²) in [6, 6.07) is 17.1. The van der Waals surface area contributed by atoms with E-state index in [4.69, 9.17) is 0 Å². The Morgan fingerprint density at radius 3 is 1.80 bits per heavy atom. The normalized spacial score (nSPS) is 9.72. The summed E-state index contributed by atoms with van der Waals surface area (Å²) in [4.78, 5) is 6.41. The molecular formula is C22H30N2S. The first-order chi connectivity index (χ1) is 12.0. The molecule has 0 N–H and O–H groups in total. The van der Waals surface area contributed by atoms with Crippen molar-refractivity contribution in [3.63, 3.8) is 0 Å². The maximum absolute atomic E-state index is 4.23. The van der Waals surface area contributed by atoms with Gasteiger partial charge in [-0.15, -0.1) is 11.3 Å². The molecule has 0 fully saturated rings. The van der Waals surface area contributed by atoms with Crippen molar-refractivity contribution in [1.29, 1.82) is 0 Å². The van der Waals surface area contributed by atoms with Crippen LogP contribution in [-0.2, 0) is 6.54 Å². The van der Waals surface area contributed by atoms with Crippen molar-refractivity contribution in [1.82, 2.24) is 9.88 Å². The van der Waals surface area contributed by atoms with Crippen LogP contribution in [0.2, 0.25) is 0 Å². The molecule has 0 aliphatic heterocycles. The molecular weight excluding hydrogens is 324 g/mol. The van der Waals surface area contributed by atoms with Crippen LogP contribution in [-0.4, -0.2) is 24.0 Å². The Labute approximate surface area is 157 Å². The minimum absolute atomic E-state index is 1.03. The number of hydrogen-bond donors (Lipinski definition) is 0. The molecule has 3 aromatic rings. The number of hydrogen-bond acceptors (Lipinski definition) is 3. The predicted molar refractivity (Wildman–Crippen MR) is 112 cm³/mol. The van der Waals surface area contributed by atoms with Crippen LogP contribution >= 0.6 is 11.3 Å². The van der Waals surface area contributed by atoms with Crippen LogP contribution in [0, 0.1) is 13.8 Å². The highest BCUT2D eigenvalue weighted by Gasteiger charge is 1.97. The van der Waals surface area contributed by atoms with Gasteiger partial charge in [0.05, 0.1) is 0 Å². The summed E-state index contributed by atoms with van der Waals surface area (Å²) in [6.45, 7) is 9.23. The van der Waals surface area contributed by atoms with Gasteiger partial charge in [0, 0.05) is 23.7 Å². The van der Waals surface area contributed by atoms with Crippen molar-refractivity contribution in [3.8, 4) is 10.6 Å². The van der Waals surface area contributed by atoms with Gasteiger partial charge < -0.3 is 4.90 Å². The molecule has 0 saturated carbocycles. The van der Waals surface area contributed by atoms with E-state index in [1.54, 1.807) is 11.3 Å². The first-order valence-electron chi connectivity index (χ1n) is 8.71. The number of aromatic nitrogens is 1. The van der Waals surface area contributed by atoms with Crippen LogP contribution in [0.4, 0.5) is 0 Å². The Balaban J connectivity index is 0.000000229. The lowest BCUT2D eigenvalue weighted by Crippen LogP contribution is -2.10. The highest BCUT2D eigenvalue weighted by atomic mass is 32.1. The number of aryl methyl sites for hydroxylation is 2. The molecule has 2 nitrogen and oxygen atoms in total. The molecule has 2 aromatic carbocycles. The number of nitrogens with zero attached hydrogens (tertiary/aromatic N) is 2. The van der Waals surface area contributed by atoms with Crippen LogP contribution in [0.25, 0.3) is 10.6 Å². The number of benzene rings is 2. The van der Waals surface area contributed by atoms with Crippen molar-refractivity contribution in [2.45, 2.75) is 34.2 Å². The maximum Gasteiger partial charge on any atom is 0.123 e. The molecule has 3 heteroatoms. The van der Waals surface area contributed by atoms with Crippen molar-refractivity contribution < 1.29 is 0 Å². The van der Waals surface area contributed by atoms with Gasteiger partial charge >= 0.3 is 0 Å². The molecule has 0 aliphatic rings. The topological polar surface area (TPSA) is 16.1 Å². The van der Waals surface area contributed by atoms with Gasteiger partial charge in [0.1, 0.15) is 5.01 Å². The second-order valence-corrected chi connectivity index (χ2v) is 6.82. The standard InChI is InChI=1S/C10H9NS.C10H15N.C2H6/c1-8-2-4-9(5-3-8)10-11-6-7-12-10;1-9-4-6-10(7-5-9)8-11(2)3;1-2/h2-7H,1H3;4-7H,8H2,1-3H3;1-2H3. The number of rotatable bonds is 3. The molecule has 1 aromatic heterocycles.